The average molecular weight is 243 g/mol. The second-order valence-corrected chi connectivity index (χ2v) is 6.61. The molecule has 0 saturated carbocycles. The van der Waals surface area contributed by atoms with Gasteiger partial charge in [0.15, 0.2) is 0 Å². The molecule has 1 N–H and O–H groups in total. The van der Waals surface area contributed by atoms with Crippen LogP contribution in [0.25, 0.3) is 0 Å². The quantitative estimate of drug-likeness (QED) is 0.830. The van der Waals surface area contributed by atoms with Crippen LogP contribution >= 0.6 is 0 Å². The third kappa shape index (κ3) is 1.89. The lowest BCUT2D eigenvalue weighted by molar-refractivity contribution is 0.433. The molecule has 1 aromatic rings. The normalized spacial score (nSPS) is 24.7. The highest BCUT2D eigenvalue weighted by Gasteiger charge is 2.37. The Morgan fingerprint density at radius 3 is 2.50 bits per heavy atom. The fourth-order valence-corrected chi connectivity index (χ4v) is 3.84. The summed E-state index contributed by atoms with van der Waals surface area (Å²) in [4.78, 5) is 0. The van der Waals surface area contributed by atoms with Crippen LogP contribution in [0.1, 0.15) is 68.3 Å². The molecule has 1 heteroatoms. The summed E-state index contributed by atoms with van der Waals surface area (Å²) in [6, 6.07) is 5.62. The van der Waals surface area contributed by atoms with Crippen molar-refractivity contribution >= 4 is 0 Å². The fraction of sp³-hybridized carbons (Fsp3) is 0.647. The predicted octanol–water partition coefficient (Wildman–Crippen LogP) is 3.90. The zero-order valence-corrected chi connectivity index (χ0v) is 12.0. The third-order valence-corrected chi connectivity index (χ3v) is 4.78. The fourth-order valence-electron chi connectivity index (χ4n) is 3.84. The van der Waals surface area contributed by atoms with Crippen LogP contribution in [0.3, 0.4) is 0 Å². The van der Waals surface area contributed by atoms with Gasteiger partial charge in [0.1, 0.15) is 0 Å². The van der Waals surface area contributed by atoms with E-state index in [9.17, 15) is 0 Å². The van der Waals surface area contributed by atoms with Crippen molar-refractivity contribution in [3.63, 3.8) is 0 Å². The Morgan fingerprint density at radius 2 is 1.83 bits per heavy atom. The molecule has 3 rings (SSSR count). The Kier molecular flexibility index (Phi) is 2.97. The van der Waals surface area contributed by atoms with Crippen molar-refractivity contribution < 1.29 is 0 Å². The minimum atomic E-state index is 0.342. The molecule has 1 atom stereocenters. The topological polar surface area (TPSA) is 12.0 Å². The lowest BCUT2D eigenvalue weighted by atomic mass is 9.82. The van der Waals surface area contributed by atoms with Gasteiger partial charge in [-0.2, -0.15) is 0 Å². The summed E-state index contributed by atoms with van der Waals surface area (Å²) in [6.45, 7) is 8.08. The summed E-state index contributed by atoms with van der Waals surface area (Å²) in [5.41, 5.74) is 6.79. The van der Waals surface area contributed by atoms with E-state index in [4.69, 9.17) is 0 Å². The van der Waals surface area contributed by atoms with Gasteiger partial charge in [0.2, 0.25) is 0 Å². The van der Waals surface area contributed by atoms with Gasteiger partial charge in [-0.05, 0) is 66.3 Å². The molecular weight excluding hydrogens is 218 g/mol. The van der Waals surface area contributed by atoms with E-state index in [1.54, 1.807) is 22.3 Å². The summed E-state index contributed by atoms with van der Waals surface area (Å²) < 4.78 is 0. The molecule has 0 heterocycles. The molecule has 1 unspecified atom stereocenters. The van der Waals surface area contributed by atoms with Crippen molar-refractivity contribution in [2.45, 2.75) is 64.3 Å². The molecule has 2 aliphatic rings. The van der Waals surface area contributed by atoms with Crippen LogP contribution in [0.5, 0.6) is 0 Å². The molecule has 0 spiro atoms. The lowest BCUT2D eigenvalue weighted by Crippen LogP contribution is -2.20. The van der Waals surface area contributed by atoms with E-state index >= 15 is 0 Å². The smallest absolute Gasteiger partial charge is 0.0331 e. The zero-order chi connectivity index (χ0) is 12.8. The third-order valence-electron chi connectivity index (χ3n) is 4.78. The highest BCUT2D eigenvalue weighted by atomic mass is 14.9. The Labute approximate surface area is 111 Å². The molecule has 0 amide bonds. The van der Waals surface area contributed by atoms with E-state index in [1.807, 2.05) is 0 Å². The molecule has 98 valence electrons. The zero-order valence-electron chi connectivity index (χ0n) is 12.0. The summed E-state index contributed by atoms with van der Waals surface area (Å²) in [6.07, 6.45) is 6.59. The molecule has 18 heavy (non-hydrogen) atoms. The maximum atomic E-state index is 3.66. The van der Waals surface area contributed by atoms with Crippen molar-refractivity contribution in [2.75, 3.05) is 6.54 Å². The molecule has 2 aliphatic carbocycles. The molecule has 0 fully saturated rings. The molecule has 1 aromatic carbocycles. The maximum Gasteiger partial charge on any atom is 0.0331 e. The molecule has 0 aromatic heterocycles. The Hall–Kier alpha value is -0.820. The van der Waals surface area contributed by atoms with Gasteiger partial charge in [-0.3, -0.25) is 0 Å². The van der Waals surface area contributed by atoms with Crippen molar-refractivity contribution in [3.8, 4) is 0 Å². The first-order valence-electron chi connectivity index (χ1n) is 7.51. The molecule has 1 nitrogen and oxygen atoms in total. The van der Waals surface area contributed by atoms with E-state index in [2.05, 4.69) is 38.2 Å². The highest BCUT2D eigenvalue weighted by Crippen LogP contribution is 2.46. The average Bonchev–Trinajstić information content (AvgIpc) is 2.59. The molecular formula is C17H25N. The summed E-state index contributed by atoms with van der Waals surface area (Å²) in [5, 5.41) is 3.66. The molecule has 0 saturated heterocycles. The second kappa shape index (κ2) is 4.38. The minimum Gasteiger partial charge on any atom is -0.310 e. The first kappa shape index (κ1) is 12.2. The van der Waals surface area contributed by atoms with Gasteiger partial charge in [0.05, 0.1) is 0 Å². The van der Waals surface area contributed by atoms with Crippen molar-refractivity contribution in [1.82, 2.24) is 5.32 Å². The van der Waals surface area contributed by atoms with Gasteiger partial charge in [-0.25, -0.2) is 0 Å². The van der Waals surface area contributed by atoms with Crippen LogP contribution in [-0.2, 0) is 18.3 Å². The van der Waals surface area contributed by atoms with Crippen LogP contribution in [0, 0.1) is 0 Å². The van der Waals surface area contributed by atoms with E-state index in [0.717, 1.165) is 6.54 Å². The second-order valence-electron chi connectivity index (χ2n) is 6.61. The van der Waals surface area contributed by atoms with E-state index < -0.39 is 0 Å². The van der Waals surface area contributed by atoms with Gasteiger partial charge >= 0.3 is 0 Å². The van der Waals surface area contributed by atoms with Gasteiger partial charge in [-0.1, -0.05) is 32.9 Å². The van der Waals surface area contributed by atoms with Crippen LogP contribution in [0.2, 0.25) is 0 Å². The maximum absolute atomic E-state index is 3.66. The molecule has 0 bridgehead atoms. The molecule has 0 aliphatic heterocycles. The minimum absolute atomic E-state index is 0.342. The standard InChI is InChI=1S/C17H25N/c1-4-18-16-11-17(2,3)15-10-13-8-6-5-7-12(13)9-14(15)16/h9-10,16,18H,4-8,11H2,1-3H3. The van der Waals surface area contributed by atoms with E-state index in [0.29, 0.717) is 11.5 Å². The number of fused-ring (bicyclic) bond motifs is 2. The highest BCUT2D eigenvalue weighted by molar-refractivity contribution is 5.48. The first-order chi connectivity index (χ1) is 8.62. The largest absolute Gasteiger partial charge is 0.310 e. The first-order valence-corrected chi connectivity index (χ1v) is 7.51. The predicted molar refractivity (Wildman–Crippen MR) is 77.1 cm³/mol. The number of rotatable bonds is 2. The summed E-state index contributed by atoms with van der Waals surface area (Å²) >= 11 is 0. The Bertz CT molecular complexity index is 459. The van der Waals surface area contributed by atoms with Crippen molar-refractivity contribution in [2.24, 2.45) is 0 Å². The van der Waals surface area contributed by atoms with E-state index in [1.165, 1.54) is 32.1 Å². The van der Waals surface area contributed by atoms with Gasteiger partial charge in [0.25, 0.3) is 0 Å². The number of hydrogen-bond acceptors (Lipinski definition) is 1. The number of nitrogens with one attached hydrogen (secondary N) is 1. The number of aryl methyl sites for hydroxylation is 2. The van der Waals surface area contributed by atoms with Gasteiger partial charge in [-0.15, -0.1) is 0 Å². The van der Waals surface area contributed by atoms with Gasteiger partial charge < -0.3 is 5.32 Å². The van der Waals surface area contributed by atoms with Crippen LogP contribution in [-0.4, -0.2) is 6.54 Å². The monoisotopic (exact) mass is 243 g/mol. The van der Waals surface area contributed by atoms with Crippen molar-refractivity contribution in [1.29, 1.82) is 0 Å². The van der Waals surface area contributed by atoms with Crippen molar-refractivity contribution in [3.05, 3.63) is 34.4 Å². The Morgan fingerprint density at radius 1 is 1.17 bits per heavy atom. The van der Waals surface area contributed by atoms with E-state index in [-0.39, 0.29) is 0 Å². The summed E-state index contributed by atoms with van der Waals surface area (Å²) in [5.74, 6) is 0. The molecule has 0 radical (unpaired) electrons. The lowest BCUT2D eigenvalue weighted by Gasteiger charge is -2.22. The van der Waals surface area contributed by atoms with Crippen LogP contribution in [0.4, 0.5) is 0 Å². The number of hydrogen-bond donors (Lipinski definition) is 1. The SMILES string of the molecule is CCNC1CC(C)(C)c2cc3c(cc21)CCCC3. The summed E-state index contributed by atoms with van der Waals surface area (Å²) in [7, 11) is 0. The van der Waals surface area contributed by atoms with Crippen LogP contribution < -0.4 is 5.32 Å². The number of benzene rings is 1. The Balaban J connectivity index is 2.07. The van der Waals surface area contributed by atoms with Crippen LogP contribution in [0.15, 0.2) is 12.1 Å². The van der Waals surface area contributed by atoms with Gasteiger partial charge in [0, 0.05) is 6.04 Å².